The predicted molar refractivity (Wildman–Crippen MR) is 103 cm³/mol. The number of hydrogen-bond acceptors (Lipinski definition) is 7. The summed E-state index contributed by atoms with van der Waals surface area (Å²) in [4.78, 5) is 58.3. The highest BCUT2D eigenvalue weighted by molar-refractivity contribution is 7.80. The smallest absolute Gasteiger partial charge is 0.327 e. The number of nitrogens with two attached hydrogens (primary N) is 1. The van der Waals surface area contributed by atoms with E-state index in [-0.39, 0.29) is 11.7 Å². The van der Waals surface area contributed by atoms with E-state index < -0.39 is 60.2 Å². The van der Waals surface area contributed by atoms with Crippen molar-refractivity contribution in [1.82, 2.24) is 16.0 Å². The standard InChI is InChI=1S/C16H28N4O7S/c1-7(2)4-9(17)14(24)19-10(5-12(21)22)15(25)18-8(3)13(23)20-11(6-28)16(26)27/h7-11,28H,4-6,17H2,1-3H3,(H,18,25)(H,19,24)(H,20,23)(H,21,22)(H,26,27). The second-order valence-corrected chi connectivity index (χ2v) is 7.07. The van der Waals surface area contributed by atoms with Crippen LogP contribution in [0, 0.1) is 5.92 Å². The molecule has 12 heteroatoms. The Labute approximate surface area is 168 Å². The highest BCUT2D eigenvalue weighted by Gasteiger charge is 2.29. The van der Waals surface area contributed by atoms with Crippen LogP contribution in [0.5, 0.6) is 0 Å². The first kappa shape index (κ1) is 25.7. The highest BCUT2D eigenvalue weighted by Crippen LogP contribution is 2.04. The van der Waals surface area contributed by atoms with Crippen molar-refractivity contribution in [2.75, 3.05) is 5.75 Å². The van der Waals surface area contributed by atoms with Crippen molar-refractivity contribution in [2.45, 2.75) is 57.8 Å². The Morgan fingerprint density at radius 2 is 1.43 bits per heavy atom. The molecule has 7 N–H and O–H groups in total. The molecule has 0 aromatic carbocycles. The molecular weight excluding hydrogens is 392 g/mol. The Kier molecular flexibility index (Phi) is 11.2. The molecule has 0 aromatic heterocycles. The number of nitrogens with one attached hydrogen (secondary N) is 3. The monoisotopic (exact) mass is 420 g/mol. The first-order valence-corrected chi connectivity index (χ1v) is 9.24. The summed E-state index contributed by atoms with van der Waals surface area (Å²) in [5, 5.41) is 24.6. The van der Waals surface area contributed by atoms with Crippen molar-refractivity contribution in [2.24, 2.45) is 11.7 Å². The molecule has 0 aromatic rings. The second-order valence-electron chi connectivity index (χ2n) is 6.71. The maximum atomic E-state index is 12.3. The van der Waals surface area contributed by atoms with Gasteiger partial charge >= 0.3 is 11.9 Å². The fraction of sp³-hybridized carbons (Fsp3) is 0.688. The minimum atomic E-state index is -1.45. The molecule has 28 heavy (non-hydrogen) atoms. The normalized spacial score (nSPS) is 15.1. The summed E-state index contributed by atoms with van der Waals surface area (Å²) in [7, 11) is 0. The van der Waals surface area contributed by atoms with Crippen LogP contribution in [-0.2, 0) is 24.0 Å². The van der Waals surface area contributed by atoms with E-state index >= 15 is 0 Å². The van der Waals surface area contributed by atoms with E-state index in [4.69, 9.17) is 15.9 Å². The average molecular weight is 420 g/mol. The van der Waals surface area contributed by atoms with Crippen molar-refractivity contribution in [3.63, 3.8) is 0 Å². The summed E-state index contributed by atoms with van der Waals surface area (Å²) >= 11 is 3.81. The van der Waals surface area contributed by atoms with E-state index in [1.807, 2.05) is 13.8 Å². The first-order valence-electron chi connectivity index (χ1n) is 8.61. The molecule has 4 unspecified atom stereocenters. The van der Waals surface area contributed by atoms with E-state index in [0.29, 0.717) is 6.42 Å². The minimum Gasteiger partial charge on any atom is -0.481 e. The maximum Gasteiger partial charge on any atom is 0.327 e. The van der Waals surface area contributed by atoms with Crippen molar-refractivity contribution < 1.29 is 34.2 Å². The zero-order valence-corrected chi connectivity index (χ0v) is 16.9. The van der Waals surface area contributed by atoms with Gasteiger partial charge in [0.05, 0.1) is 12.5 Å². The highest BCUT2D eigenvalue weighted by atomic mass is 32.1. The molecule has 3 amide bonds. The SMILES string of the molecule is CC(C)CC(N)C(=O)NC(CC(=O)O)C(=O)NC(C)C(=O)NC(CS)C(=O)O. The fourth-order valence-electron chi connectivity index (χ4n) is 2.14. The minimum absolute atomic E-state index is 0.116. The van der Waals surface area contributed by atoms with Gasteiger partial charge in [0.1, 0.15) is 18.1 Å². The van der Waals surface area contributed by atoms with E-state index in [1.165, 1.54) is 6.92 Å². The summed E-state index contributed by atoms with van der Waals surface area (Å²) in [6.07, 6.45) is -0.374. The van der Waals surface area contributed by atoms with Gasteiger partial charge in [-0.2, -0.15) is 12.6 Å². The number of thiol groups is 1. The lowest BCUT2D eigenvalue weighted by Crippen LogP contribution is -2.57. The first-order chi connectivity index (χ1) is 12.9. The number of amides is 3. The van der Waals surface area contributed by atoms with Gasteiger partial charge in [0.2, 0.25) is 17.7 Å². The molecule has 160 valence electrons. The second kappa shape index (κ2) is 12.2. The molecule has 0 rings (SSSR count). The number of rotatable bonds is 12. The van der Waals surface area contributed by atoms with Crippen LogP contribution in [0.15, 0.2) is 0 Å². The van der Waals surface area contributed by atoms with E-state index in [9.17, 15) is 24.0 Å². The topological polar surface area (TPSA) is 188 Å². The lowest BCUT2D eigenvalue weighted by Gasteiger charge is -2.22. The summed E-state index contributed by atoms with van der Waals surface area (Å²) in [5.41, 5.74) is 5.73. The van der Waals surface area contributed by atoms with Crippen molar-refractivity contribution in [1.29, 1.82) is 0 Å². The lowest BCUT2D eigenvalue weighted by molar-refractivity contribution is -0.142. The van der Waals surface area contributed by atoms with E-state index in [1.54, 1.807) is 0 Å². The third kappa shape index (κ3) is 9.55. The van der Waals surface area contributed by atoms with Crippen molar-refractivity contribution in [3.05, 3.63) is 0 Å². The van der Waals surface area contributed by atoms with Crippen LogP contribution >= 0.6 is 12.6 Å². The Bertz CT molecular complexity index is 600. The van der Waals surface area contributed by atoms with Gasteiger partial charge in [-0.1, -0.05) is 13.8 Å². The van der Waals surface area contributed by atoms with Crippen LogP contribution < -0.4 is 21.7 Å². The van der Waals surface area contributed by atoms with E-state index in [0.717, 1.165) is 0 Å². The lowest BCUT2D eigenvalue weighted by atomic mass is 10.0. The number of carbonyl (C=O) groups excluding carboxylic acids is 3. The summed E-state index contributed by atoms with van der Waals surface area (Å²) in [6.45, 7) is 4.99. The number of carboxylic acid groups (broad SMARTS) is 2. The van der Waals surface area contributed by atoms with Gasteiger partial charge in [-0.15, -0.1) is 0 Å². The zero-order chi connectivity index (χ0) is 22.0. The van der Waals surface area contributed by atoms with Crippen LogP contribution in [0.25, 0.3) is 0 Å². The molecule has 0 fully saturated rings. The van der Waals surface area contributed by atoms with Crippen LogP contribution in [0.4, 0.5) is 0 Å². The summed E-state index contributed by atoms with van der Waals surface area (Å²) in [6, 6.07) is -4.79. The summed E-state index contributed by atoms with van der Waals surface area (Å²) in [5.74, 6) is -5.07. The van der Waals surface area contributed by atoms with Crippen LogP contribution in [-0.4, -0.2) is 69.8 Å². The molecule has 4 atom stereocenters. The number of hydrogen-bond donors (Lipinski definition) is 7. The predicted octanol–water partition coefficient (Wildman–Crippen LogP) is -1.68. The molecule has 0 saturated carbocycles. The Balaban J connectivity index is 5.01. The Morgan fingerprint density at radius 3 is 1.86 bits per heavy atom. The van der Waals surface area contributed by atoms with Gasteiger partial charge in [0, 0.05) is 5.75 Å². The zero-order valence-electron chi connectivity index (χ0n) is 16.0. The van der Waals surface area contributed by atoms with Crippen LogP contribution in [0.1, 0.15) is 33.6 Å². The number of carbonyl (C=O) groups is 5. The third-order valence-electron chi connectivity index (χ3n) is 3.62. The Morgan fingerprint density at radius 1 is 0.893 bits per heavy atom. The van der Waals surface area contributed by atoms with E-state index in [2.05, 4.69) is 28.6 Å². The molecule has 0 radical (unpaired) electrons. The quantitative estimate of drug-likeness (QED) is 0.182. The number of aliphatic carboxylic acids is 2. The molecule has 0 spiro atoms. The van der Waals surface area contributed by atoms with Gasteiger partial charge in [-0.3, -0.25) is 19.2 Å². The molecule has 0 aliphatic rings. The largest absolute Gasteiger partial charge is 0.481 e. The van der Waals surface area contributed by atoms with Gasteiger partial charge < -0.3 is 31.9 Å². The molecule has 0 aliphatic heterocycles. The van der Waals surface area contributed by atoms with Crippen molar-refractivity contribution >= 4 is 42.3 Å². The molecule has 0 heterocycles. The molecule has 0 bridgehead atoms. The van der Waals surface area contributed by atoms with Gasteiger partial charge in [-0.05, 0) is 19.3 Å². The van der Waals surface area contributed by atoms with Crippen LogP contribution in [0.3, 0.4) is 0 Å². The number of carboxylic acids is 2. The molecule has 11 nitrogen and oxygen atoms in total. The maximum absolute atomic E-state index is 12.3. The fourth-order valence-corrected chi connectivity index (χ4v) is 2.39. The van der Waals surface area contributed by atoms with Gasteiger partial charge in [-0.25, -0.2) is 4.79 Å². The Hall–Kier alpha value is -2.34. The summed E-state index contributed by atoms with van der Waals surface area (Å²) < 4.78 is 0. The van der Waals surface area contributed by atoms with Gasteiger partial charge in [0.25, 0.3) is 0 Å². The van der Waals surface area contributed by atoms with Crippen molar-refractivity contribution in [3.8, 4) is 0 Å². The van der Waals surface area contributed by atoms with Crippen LogP contribution in [0.2, 0.25) is 0 Å². The molecule has 0 saturated heterocycles. The average Bonchev–Trinajstić information content (AvgIpc) is 2.57. The molecule has 0 aliphatic carbocycles. The van der Waals surface area contributed by atoms with Gasteiger partial charge in [0.15, 0.2) is 0 Å². The third-order valence-corrected chi connectivity index (χ3v) is 3.99. The molecular formula is C16H28N4O7S.